The van der Waals surface area contributed by atoms with Crippen LogP contribution in [0.2, 0.25) is 0 Å². The zero-order chi connectivity index (χ0) is 25.3. The lowest BCUT2D eigenvalue weighted by atomic mass is 9.55. The first-order chi connectivity index (χ1) is 17.1. The molecule has 192 valence electrons. The van der Waals surface area contributed by atoms with Crippen LogP contribution in [-0.2, 0) is 4.74 Å². The molecule has 8 heteroatoms. The number of aliphatic hydroxyl groups excluding tert-OH is 3. The highest BCUT2D eigenvalue weighted by molar-refractivity contribution is 5.83. The van der Waals surface area contributed by atoms with Gasteiger partial charge in [-0.2, -0.15) is 0 Å². The van der Waals surface area contributed by atoms with Gasteiger partial charge in [0.25, 0.3) is 0 Å². The van der Waals surface area contributed by atoms with Crippen LogP contribution in [0.15, 0.2) is 42.3 Å². The maximum atomic E-state index is 17.0. The quantitative estimate of drug-likeness (QED) is 0.478. The number of hydrogen-bond acceptors (Lipinski definition) is 6. The number of H-pyrrole nitrogens is 1. The number of halogens is 1. The van der Waals surface area contributed by atoms with E-state index in [9.17, 15) is 15.3 Å². The van der Waals surface area contributed by atoms with Gasteiger partial charge in [0.15, 0.2) is 5.67 Å². The topological polar surface area (TPSA) is 102 Å². The summed E-state index contributed by atoms with van der Waals surface area (Å²) in [6.45, 7) is 2.26. The first kappa shape index (κ1) is 23.0. The number of aliphatic hydroxyl groups is 3. The first-order valence-electron chi connectivity index (χ1n) is 13.0. The fraction of sp³-hybridized carbons (Fsp3) is 0.607. The zero-order valence-electron chi connectivity index (χ0n) is 20.9. The number of nitrogens with zero attached hydrogens (tertiary/aromatic N) is 2. The van der Waals surface area contributed by atoms with E-state index in [4.69, 9.17) is 4.74 Å². The number of rotatable bonds is 2. The molecule has 1 aromatic carbocycles. The highest BCUT2D eigenvalue weighted by Crippen LogP contribution is 2.70. The molecule has 5 aliphatic rings. The summed E-state index contributed by atoms with van der Waals surface area (Å²) in [5, 5.41) is 33.5. The maximum Gasteiger partial charge on any atom is 0.197 e. The molecule has 0 amide bonds. The number of nitrogens with one attached hydrogen (secondary N) is 1. The van der Waals surface area contributed by atoms with Crippen molar-refractivity contribution in [3.63, 3.8) is 0 Å². The Morgan fingerprint density at radius 2 is 1.97 bits per heavy atom. The molecule has 3 fully saturated rings. The van der Waals surface area contributed by atoms with Gasteiger partial charge >= 0.3 is 0 Å². The molecule has 3 aliphatic carbocycles. The predicted molar refractivity (Wildman–Crippen MR) is 133 cm³/mol. The van der Waals surface area contributed by atoms with Gasteiger partial charge in [0.05, 0.1) is 29.1 Å². The third kappa shape index (κ3) is 2.48. The predicted octanol–water partition coefficient (Wildman–Crippen LogP) is 2.73. The van der Waals surface area contributed by atoms with Crippen molar-refractivity contribution in [2.45, 2.75) is 80.3 Å². The van der Waals surface area contributed by atoms with E-state index in [1.807, 2.05) is 31.1 Å². The van der Waals surface area contributed by atoms with Crippen molar-refractivity contribution in [1.29, 1.82) is 0 Å². The van der Waals surface area contributed by atoms with Crippen LogP contribution in [0.3, 0.4) is 0 Å². The van der Waals surface area contributed by atoms with Crippen LogP contribution in [0.1, 0.15) is 44.6 Å². The molecule has 1 saturated carbocycles. The summed E-state index contributed by atoms with van der Waals surface area (Å²) in [5.41, 5.74) is -0.00785. The number of allylic oxidation sites excluding steroid dienone is 3. The lowest BCUT2D eigenvalue weighted by Crippen LogP contribution is -2.78. The SMILES string of the molecule is CN(C)[C@H]1C[C@@]23CC[C@@]4(O2)C(=CC[C@]2(C)C(c5ccc6nc[nH]c6c5)=CCC24)C(O)C3(F)[C@@H](O)[C@@H]1O. The third-order valence-corrected chi connectivity index (χ3v) is 10.5. The maximum absolute atomic E-state index is 17.0. The molecule has 7 rings (SSSR count). The molecule has 2 spiro atoms. The number of aromatic amines is 1. The number of hydrogen-bond donors (Lipinski definition) is 4. The number of likely N-dealkylation sites (N-methyl/N-ethyl adjacent to an activating group) is 1. The van der Waals surface area contributed by atoms with Crippen LogP contribution < -0.4 is 0 Å². The van der Waals surface area contributed by atoms with Gasteiger partial charge in [0.2, 0.25) is 0 Å². The molecular weight excluding hydrogens is 461 g/mol. The molecule has 2 aliphatic heterocycles. The molecule has 1 aromatic heterocycles. The summed E-state index contributed by atoms with van der Waals surface area (Å²) >= 11 is 0. The van der Waals surface area contributed by atoms with E-state index in [1.165, 1.54) is 5.57 Å². The normalized spacial score (nSPS) is 47.4. The lowest BCUT2D eigenvalue weighted by molar-refractivity contribution is -0.308. The van der Waals surface area contributed by atoms with Crippen molar-refractivity contribution >= 4 is 16.6 Å². The molecule has 36 heavy (non-hydrogen) atoms. The summed E-state index contributed by atoms with van der Waals surface area (Å²) in [4.78, 5) is 9.36. The smallest absolute Gasteiger partial charge is 0.197 e. The van der Waals surface area contributed by atoms with Gasteiger partial charge < -0.3 is 29.9 Å². The summed E-state index contributed by atoms with van der Waals surface area (Å²) in [5.74, 6) is 0.0397. The Morgan fingerprint density at radius 1 is 1.17 bits per heavy atom. The van der Waals surface area contributed by atoms with Gasteiger partial charge in [-0.3, -0.25) is 0 Å². The fourth-order valence-corrected chi connectivity index (χ4v) is 8.63. The minimum atomic E-state index is -2.46. The first-order valence-corrected chi connectivity index (χ1v) is 13.0. The molecule has 2 bridgehead atoms. The van der Waals surface area contributed by atoms with Crippen molar-refractivity contribution in [2.24, 2.45) is 11.3 Å². The number of aromatic nitrogens is 2. The van der Waals surface area contributed by atoms with Crippen molar-refractivity contribution in [3.05, 3.63) is 47.8 Å². The molecule has 0 radical (unpaired) electrons. The molecular formula is C28H34FN3O4. The van der Waals surface area contributed by atoms with Crippen LogP contribution in [0.25, 0.3) is 16.6 Å². The summed E-state index contributed by atoms with van der Waals surface area (Å²) < 4.78 is 23.9. The molecule has 2 saturated heterocycles. The Hall–Kier alpha value is -2.10. The third-order valence-electron chi connectivity index (χ3n) is 10.5. The van der Waals surface area contributed by atoms with Crippen LogP contribution >= 0.6 is 0 Å². The average Bonchev–Trinajstić information content (AvgIpc) is 3.55. The van der Waals surface area contributed by atoms with Crippen molar-refractivity contribution in [1.82, 2.24) is 14.9 Å². The van der Waals surface area contributed by atoms with E-state index < -0.39 is 41.2 Å². The van der Waals surface area contributed by atoms with Crippen LogP contribution in [-0.4, -0.2) is 85.5 Å². The molecule has 3 unspecified atom stereocenters. The Labute approximate surface area is 209 Å². The molecule has 2 aromatic rings. The van der Waals surface area contributed by atoms with E-state index in [0.717, 1.165) is 23.0 Å². The van der Waals surface area contributed by atoms with Crippen LogP contribution in [0, 0.1) is 11.3 Å². The van der Waals surface area contributed by atoms with Crippen molar-refractivity contribution < 1.29 is 24.4 Å². The second kappa shape index (κ2) is 7.05. The number of imidazole rings is 1. The summed E-state index contributed by atoms with van der Waals surface area (Å²) in [6, 6.07) is 5.81. The monoisotopic (exact) mass is 495 g/mol. The Morgan fingerprint density at radius 3 is 2.75 bits per heavy atom. The minimum absolute atomic E-state index is 0.0397. The number of alkyl halides is 1. The largest absolute Gasteiger partial charge is 0.389 e. The van der Waals surface area contributed by atoms with Gasteiger partial charge in [-0.05, 0) is 75.0 Å². The van der Waals surface area contributed by atoms with Gasteiger partial charge in [0, 0.05) is 17.4 Å². The summed E-state index contributed by atoms with van der Waals surface area (Å²) in [6.07, 6.45) is 4.00. The zero-order valence-corrected chi connectivity index (χ0v) is 20.9. The van der Waals surface area contributed by atoms with E-state index >= 15 is 4.39 Å². The average molecular weight is 496 g/mol. The van der Waals surface area contributed by atoms with Gasteiger partial charge in [-0.25, -0.2) is 9.37 Å². The minimum Gasteiger partial charge on any atom is -0.389 e. The Balaban J connectivity index is 1.32. The molecule has 3 heterocycles. The number of ether oxygens (including phenoxy) is 1. The van der Waals surface area contributed by atoms with Crippen molar-refractivity contribution in [3.8, 4) is 0 Å². The van der Waals surface area contributed by atoms with Gasteiger partial charge in [0.1, 0.15) is 17.8 Å². The number of benzene rings is 1. The van der Waals surface area contributed by atoms with Crippen molar-refractivity contribution in [2.75, 3.05) is 14.1 Å². The van der Waals surface area contributed by atoms with Crippen LogP contribution in [0.5, 0.6) is 0 Å². The van der Waals surface area contributed by atoms with Crippen LogP contribution in [0.4, 0.5) is 4.39 Å². The second-order valence-corrected chi connectivity index (χ2v) is 12.1. The van der Waals surface area contributed by atoms with E-state index in [-0.39, 0.29) is 17.8 Å². The number of fused-ring (bicyclic) bond motifs is 2. The van der Waals surface area contributed by atoms with Gasteiger partial charge in [-0.1, -0.05) is 25.1 Å². The van der Waals surface area contributed by atoms with Gasteiger partial charge in [-0.15, -0.1) is 0 Å². The second-order valence-electron chi connectivity index (χ2n) is 12.1. The summed E-state index contributed by atoms with van der Waals surface area (Å²) in [7, 11) is 3.64. The van der Waals surface area contributed by atoms with E-state index in [0.29, 0.717) is 24.8 Å². The fourth-order valence-electron chi connectivity index (χ4n) is 8.63. The molecule has 9 atom stereocenters. The van der Waals surface area contributed by atoms with E-state index in [2.05, 4.69) is 35.1 Å². The standard InChI is InChI=1S/C28H34FN3O4/c1-25-9-8-17-23(34)28(29)24(35)22(33)20(32(2)3)13-26(28)10-11-27(17,36-26)21(25)7-5-16(25)15-4-6-18-19(12-15)31-14-30-18/h4-6,8,12,14,20-24,33-35H,7,9-11,13H2,1-3H3,(H,30,31)/t20-,21?,22+,23?,24-,25+,26+,27+,28?/m0/s1. The van der Waals surface area contributed by atoms with E-state index in [1.54, 1.807) is 6.33 Å². The Kier molecular flexibility index (Phi) is 4.52. The Bertz CT molecular complexity index is 1320. The highest BCUT2D eigenvalue weighted by Gasteiger charge is 2.79. The highest BCUT2D eigenvalue weighted by atomic mass is 19.1. The molecule has 7 nitrogen and oxygen atoms in total. The lowest BCUT2D eigenvalue weighted by Gasteiger charge is -2.62. The molecule has 4 N–H and O–H groups in total.